The van der Waals surface area contributed by atoms with Gasteiger partial charge in [-0.2, -0.15) is 13.2 Å². The van der Waals surface area contributed by atoms with Crippen LogP contribution in [0.5, 0.6) is 5.88 Å². The van der Waals surface area contributed by atoms with Crippen molar-refractivity contribution in [3.8, 4) is 17.7 Å². The van der Waals surface area contributed by atoms with E-state index in [2.05, 4.69) is 27.1 Å². The highest BCUT2D eigenvalue weighted by molar-refractivity contribution is 5.95. The predicted molar refractivity (Wildman–Crippen MR) is 93.3 cm³/mol. The summed E-state index contributed by atoms with van der Waals surface area (Å²) in [5, 5.41) is 14.1. The Hall–Kier alpha value is -3.28. The number of aromatic hydroxyl groups is 1. The maximum Gasteiger partial charge on any atom is 0.427 e. The van der Waals surface area contributed by atoms with Crippen LogP contribution in [0.15, 0.2) is 30.6 Å². The van der Waals surface area contributed by atoms with E-state index in [0.717, 1.165) is 12.8 Å². The lowest BCUT2D eigenvalue weighted by Crippen LogP contribution is -2.59. The van der Waals surface area contributed by atoms with Gasteiger partial charge in [-0.1, -0.05) is 24.0 Å². The van der Waals surface area contributed by atoms with Crippen molar-refractivity contribution in [3.05, 3.63) is 47.4 Å². The van der Waals surface area contributed by atoms with E-state index in [9.17, 15) is 23.1 Å². The zero-order valence-electron chi connectivity index (χ0n) is 14.5. The Morgan fingerprint density at radius 1 is 1.25 bits per heavy atom. The van der Waals surface area contributed by atoms with Crippen LogP contribution >= 0.6 is 0 Å². The summed E-state index contributed by atoms with van der Waals surface area (Å²) in [4.78, 5) is 19.8. The number of urea groups is 1. The van der Waals surface area contributed by atoms with E-state index >= 15 is 0 Å². The second kappa shape index (κ2) is 6.41. The number of nitrogens with one attached hydrogen (secondary N) is 2. The number of anilines is 1. The second-order valence-electron chi connectivity index (χ2n) is 6.75. The monoisotopic (exact) mass is 388 g/mol. The molecule has 144 valence electrons. The van der Waals surface area contributed by atoms with Crippen molar-refractivity contribution in [3.63, 3.8) is 0 Å². The predicted octanol–water partition coefficient (Wildman–Crippen LogP) is 3.08. The van der Waals surface area contributed by atoms with Gasteiger partial charge in [0.25, 0.3) is 0 Å². The molecule has 2 amide bonds. The van der Waals surface area contributed by atoms with E-state index in [1.54, 1.807) is 0 Å². The van der Waals surface area contributed by atoms with E-state index in [4.69, 9.17) is 0 Å². The van der Waals surface area contributed by atoms with E-state index in [1.807, 2.05) is 5.32 Å². The zero-order chi connectivity index (χ0) is 19.9. The summed E-state index contributed by atoms with van der Waals surface area (Å²) in [6.07, 6.45) is -0.398. The summed E-state index contributed by atoms with van der Waals surface area (Å²) < 4.78 is 42.1. The summed E-state index contributed by atoms with van der Waals surface area (Å²) in [5.74, 6) is 4.61. The molecule has 1 fully saturated rings. The van der Waals surface area contributed by atoms with Crippen LogP contribution < -0.4 is 10.6 Å². The fourth-order valence-corrected chi connectivity index (χ4v) is 3.03. The molecule has 0 bridgehead atoms. The topological polar surface area (TPSA) is 87.1 Å². The third-order valence-corrected chi connectivity index (χ3v) is 4.63. The molecule has 6 nitrogen and oxygen atoms in total. The minimum Gasteiger partial charge on any atom is -0.492 e. The Morgan fingerprint density at radius 3 is 2.68 bits per heavy atom. The van der Waals surface area contributed by atoms with Crippen molar-refractivity contribution in [1.29, 1.82) is 0 Å². The van der Waals surface area contributed by atoms with E-state index in [-0.39, 0.29) is 35.2 Å². The number of fused-ring (bicyclic) bond motifs is 1. The lowest BCUT2D eigenvalue weighted by molar-refractivity contribution is -0.178. The number of carbonyl (C=O) groups is 1. The number of rotatable bonds is 2. The minimum atomic E-state index is -4.80. The van der Waals surface area contributed by atoms with Crippen molar-refractivity contribution in [1.82, 2.24) is 15.3 Å². The van der Waals surface area contributed by atoms with Crippen LogP contribution in [-0.2, 0) is 12.0 Å². The molecule has 3 N–H and O–H groups in total. The fourth-order valence-electron chi connectivity index (χ4n) is 3.03. The molecule has 1 aliphatic heterocycles. The first-order valence-electron chi connectivity index (χ1n) is 8.59. The van der Waals surface area contributed by atoms with Gasteiger partial charge in [0.2, 0.25) is 11.4 Å². The van der Waals surface area contributed by atoms with Crippen molar-refractivity contribution in [2.24, 2.45) is 5.92 Å². The highest BCUT2D eigenvalue weighted by atomic mass is 19.4. The lowest BCUT2D eigenvalue weighted by Gasteiger charge is -2.37. The molecule has 1 aromatic heterocycles. The number of halogens is 3. The smallest absolute Gasteiger partial charge is 0.427 e. The molecule has 2 aliphatic rings. The van der Waals surface area contributed by atoms with Crippen molar-refractivity contribution in [2.45, 2.75) is 31.0 Å². The number of benzene rings is 1. The average Bonchev–Trinajstić information content (AvgIpc) is 3.44. The molecular formula is C19H15F3N4O2. The molecule has 1 aliphatic carbocycles. The van der Waals surface area contributed by atoms with Gasteiger partial charge in [0.15, 0.2) is 0 Å². The van der Waals surface area contributed by atoms with Crippen molar-refractivity contribution in [2.75, 3.05) is 5.32 Å². The van der Waals surface area contributed by atoms with Gasteiger partial charge in [0, 0.05) is 36.0 Å². The van der Waals surface area contributed by atoms with Crippen LogP contribution in [0.3, 0.4) is 0 Å². The van der Waals surface area contributed by atoms with Gasteiger partial charge >= 0.3 is 12.2 Å². The summed E-state index contributed by atoms with van der Waals surface area (Å²) in [6.45, 7) is 0. The van der Waals surface area contributed by atoms with Crippen LogP contribution in [-0.4, -0.2) is 27.3 Å². The quantitative estimate of drug-likeness (QED) is 0.690. The summed E-state index contributed by atoms with van der Waals surface area (Å²) in [7, 11) is 0. The highest BCUT2D eigenvalue weighted by Crippen LogP contribution is 2.44. The zero-order valence-corrected chi connectivity index (χ0v) is 14.5. The number of amides is 2. The largest absolute Gasteiger partial charge is 0.492 e. The van der Waals surface area contributed by atoms with Gasteiger partial charge < -0.3 is 15.7 Å². The Balaban J connectivity index is 1.77. The van der Waals surface area contributed by atoms with Crippen LogP contribution in [0.1, 0.15) is 29.7 Å². The van der Waals surface area contributed by atoms with Crippen molar-refractivity contribution >= 4 is 11.7 Å². The Kier molecular flexibility index (Phi) is 4.14. The number of nitrogens with zero attached hydrogens (tertiary/aromatic N) is 2. The van der Waals surface area contributed by atoms with Crippen LogP contribution in [0, 0.1) is 17.8 Å². The summed E-state index contributed by atoms with van der Waals surface area (Å²) >= 11 is 0. The number of hydrogen-bond acceptors (Lipinski definition) is 4. The molecule has 0 radical (unpaired) electrons. The first-order chi connectivity index (χ1) is 13.3. The van der Waals surface area contributed by atoms with Crippen LogP contribution in [0.4, 0.5) is 23.7 Å². The third kappa shape index (κ3) is 3.22. The second-order valence-corrected chi connectivity index (χ2v) is 6.75. The van der Waals surface area contributed by atoms with Gasteiger partial charge in [-0.05, 0) is 24.5 Å². The lowest BCUT2D eigenvalue weighted by atomic mass is 9.85. The molecule has 1 atom stereocenters. The first kappa shape index (κ1) is 18.1. The minimum absolute atomic E-state index is 0.0204. The fraction of sp³-hybridized carbons (Fsp3) is 0.316. The molecule has 2 aromatic rings. The SMILES string of the molecule is O=C1Nc2cc(Cc3nccnc3O)ccc2[C@@](C#CC2CC2)(C(F)(F)F)N1. The van der Waals surface area contributed by atoms with Gasteiger partial charge in [0.05, 0.1) is 0 Å². The Labute approximate surface area is 158 Å². The molecule has 0 spiro atoms. The van der Waals surface area contributed by atoms with Crippen LogP contribution in [0.2, 0.25) is 0 Å². The molecule has 1 saturated carbocycles. The van der Waals surface area contributed by atoms with E-state index in [0.29, 0.717) is 5.56 Å². The average molecular weight is 388 g/mol. The summed E-state index contributed by atoms with van der Waals surface area (Å²) in [6, 6.07) is 3.24. The van der Waals surface area contributed by atoms with E-state index < -0.39 is 17.7 Å². The molecule has 0 saturated heterocycles. The van der Waals surface area contributed by atoms with Gasteiger partial charge in [0.1, 0.15) is 5.69 Å². The van der Waals surface area contributed by atoms with Gasteiger partial charge in [-0.25, -0.2) is 9.78 Å². The number of carbonyl (C=O) groups excluding carboxylic acids is 1. The maximum absolute atomic E-state index is 14.0. The Morgan fingerprint density at radius 2 is 2.00 bits per heavy atom. The van der Waals surface area contributed by atoms with Crippen LogP contribution in [0.25, 0.3) is 0 Å². The first-order valence-corrected chi connectivity index (χ1v) is 8.59. The standard InChI is InChI=1S/C19H15F3N4O2/c20-19(21,22)18(6-5-11-1-2-11)13-4-3-12(9-14(13)25-17(28)26-18)10-15-16(27)24-8-7-23-15/h3-4,7-9,11H,1-2,10H2,(H,24,27)(H2,25,26,28)/t18-/m0/s1. The normalized spacial score (nSPS) is 21.0. The van der Waals surface area contributed by atoms with E-state index in [1.165, 1.54) is 30.6 Å². The molecule has 9 heteroatoms. The maximum atomic E-state index is 14.0. The third-order valence-electron chi connectivity index (χ3n) is 4.63. The molecule has 0 unspecified atom stereocenters. The number of alkyl halides is 3. The highest BCUT2D eigenvalue weighted by Gasteiger charge is 2.59. The molecular weight excluding hydrogens is 373 g/mol. The Bertz CT molecular complexity index is 1010. The number of hydrogen-bond donors (Lipinski definition) is 3. The van der Waals surface area contributed by atoms with Gasteiger partial charge in [-0.3, -0.25) is 4.98 Å². The number of aromatic nitrogens is 2. The van der Waals surface area contributed by atoms with Crippen molar-refractivity contribution < 1.29 is 23.1 Å². The summed E-state index contributed by atoms with van der Waals surface area (Å²) in [5.41, 5.74) is -2.08. The molecule has 1 aromatic carbocycles. The molecule has 28 heavy (non-hydrogen) atoms. The molecule has 4 rings (SSSR count). The molecule has 2 heterocycles. The van der Waals surface area contributed by atoms with Gasteiger partial charge in [-0.15, -0.1) is 0 Å².